The van der Waals surface area contributed by atoms with E-state index in [2.05, 4.69) is 19.2 Å². The molecule has 0 spiro atoms. The molecule has 3 N–H and O–H groups in total. The summed E-state index contributed by atoms with van der Waals surface area (Å²) in [5, 5.41) is 3.60. The second kappa shape index (κ2) is 5.10. The number of rotatable bonds is 7. The molecular formula is C11H24N2O. The van der Waals surface area contributed by atoms with Gasteiger partial charge in [-0.2, -0.15) is 0 Å². The molecule has 0 aromatic heterocycles. The van der Waals surface area contributed by atoms with Gasteiger partial charge in [-0.05, 0) is 31.2 Å². The van der Waals surface area contributed by atoms with Crippen LogP contribution in [0, 0.1) is 11.8 Å². The fourth-order valence-electron chi connectivity index (χ4n) is 1.91. The van der Waals surface area contributed by atoms with Gasteiger partial charge in [0, 0.05) is 13.7 Å². The quantitative estimate of drug-likeness (QED) is 0.644. The van der Waals surface area contributed by atoms with Crippen molar-refractivity contribution in [1.82, 2.24) is 5.32 Å². The zero-order valence-electron chi connectivity index (χ0n) is 9.68. The highest BCUT2D eigenvalue weighted by Crippen LogP contribution is 2.39. The molecule has 0 amide bonds. The predicted octanol–water partition coefficient (Wildman–Crippen LogP) is 0.986. The Bertz CT molecular complexity index is 169. The van der Waals surface area contributed by atoms with Crippen LogP contribution in [0.3, 0.4) is 0 Å². The summed E-state index contributed by atoms with van der Waals surface area (Å²) in [7, 11) is 1.75. The van der Waals surface area contributed by atoms with Crippen molar-refractivity contribution in [2.75, 3.05) is 26.8 Å². The van der Waals surface area contributed by atoms with Gasteiger partial charge in [0.1, 0.15) is 0 Å². The van der Waals surface area contributed by atoms with Gasteiger partial charge in [-0.25, -0.2) is 0 Å². The molecule has 14 heavy (non-hydrogen) atoms. The van der Waals surface area contributed by atoms with Crippen molar-refractivity contribution in [1.29, 1.82) is 0 Å². The van der Waals surface area contributed by atoms with Gasteiger partial charge in [0.15, 0.2) is 0 Å². The van der Waals surface area contributed by atoms with Gasteiger partial charge in [0.05, 0.1) is 12.1 Å². The van der Waals surface area contributed by atoms with Crippen LogP contribution in [0.4, 0.5) is 0 Å². The van der Waals surface area contributed by atoms with Crippen molar-refractivity contribution in [3.05, 3.63) is 0 Å². The van der Waals surface area contributed by atoms with Crippen LogP contribution in [-0.4, -0.2) is 32.3 Å². The summed E-state index contributed by atoms with van der Waals surface area (Å²) < 4.78 is 5.29. The van der Waals surface area contributed by atoms with Crippen molar-refractivity contribution in [3.63, 3.8) is 0 Å². The summed E-state index contributed by atoms with van der Waals surface area (Å²) in [4.78, 5) is 0. The molecule has 0 aromatic carbocycles. The molecule has 0 aromatic rings. The van der Waals surface area contributed by atoms with Crippen molar-refractivity contribution in [2.24, 2.45) is 17.6 Å². The van der Waals surface area contributed by atoms with Crippen molar-refractivity contribution in [3.8, 4) is 0 Å². The minimum Gasteiger partial charge on any atom is -0.383 e. The lowest BCUT2D eigenvalue weighted by atomic mass is 9.93. The predicted molar refractivity (Wildman–Crippen MR) is 59.2 cm³/mol. The Morgan fingerprint density at radius 1 is 1.50 bits per heavy atom. The molecule has 0 aliphatic heterocycles. The highest BCUT2D eigenvalue weighted by atomic mass is 16.5. The molecule has 0 saturated heterocycles. The number of ether oxygens (including phenoxy) is 1. The number of nitrogens with one attached hydrogen (secondary N) is 1. The van der Waals surface area contributed by atoms with Crippen LogP contribution in [0.2, 0.25) is 0 Å². The van der Waals surface area contributed by atoms with Crippen LogP contribution >= 0.6 is 0 Å². The van der Waals surface area contributed by atoms with Crippen LogP contribution in [0.25, 0.3) is 0 Å². The van der Waals surface area contributed by atoms with E-state index in [0.29, 0.717) is 12.5 Å². The summed E-state index contributed by atoms with van der Waals surface area (Å²) in [5.41, 5.74) is 5.92. The van der Waals surface area contributed by atoms with E-state index < -0.39 is 0 Å². The highest BCUT2D eigenvalue weighted by molar-refractivity contribution is 5.02. The van der Waals surface area contributed by atoms with Gasteiger partial charge in [-0.3, -0.25) is 0 Å². The molecule has 84 valence electrons. The van der Waals surface area contributed by atoms with Gasteiger partial charge < -0.3 is 15.8 Å². The van der Waals surface area contributed by atoms with E-state index >= 15 is 0 Å². The Balaban J connectivity index is 2.49. The molecule has 1 atom stereocenters. The number of methoxy groups -OCH3 is 1. The molecule has 0 radical (unpaired) electrons. The second-order valence-electron chi connectivity index (χ2n) is 4.84. The van der Waals surface area contributed by atoms with Gasteiger partial charge in [0.25, 0.3) is 0 Å². The molecule has 1 rings (SSSR count). The lowest BCUT2D eigenvalue weighted by Gasteiger charge is -2.34. The van der Waals surface area contributed by atoms with Gasteiger partial charge in [-0.15, -0.1) is 0 Å². The topological polar surface area (TPSA) is 47.3 Å². The fourth-order valence-corrected chi connectivity index (χ4v) is 1.91. The summed E-state index contributed by atoms with van der Waals surface area (Å²) in [6.45, 7) is 6.87. The average Bonchev–Trinajstić information content (AvgIpc) is 2.95. The smallest absolute Gasteiger partial charge is 0.0659 e. The Labute approximate surface area is 87.4 Å². The molecular weight excluding hydrogens is 176 g/mol. The molecule has 3 nitrogen and oxygen atoms in total. The maximum Gasteiger partial charge on any atom is 0.0659 e. The third kappa shape index (κ3) is 2.94. The van der Waals surface area contributed by atoms with E-state index in [1.807, 2.05) is 0 Å². The van der Waals surface area contributed by atoms with Crippen molar-refractivity contribution >= 4 is 0 Å². The number of hydrogen-bond acceptors (Lipinski definition) is 3. The molecule has 1 saturated carbocycles. The van der Waals surface area contributed by atoms with Gasteiger partial charge in [0.2, 0.25) is 0 Å². The summed E-state index contributed by atoms with van der Waals surface area (Å²) in [6, 6.07) is 0. The standard InChI is InChI=1S/C11H24N2O/c1-9(2)6-13-11(7-12,8-14-3)10-4-5-10/h9-10,13H,4-8,12H2,1-3H3. The molecule has 3 heteroatoms. The van der Waals surface area contributed by atoms with Crippen LogP contribution < -0.4 is 11.1 Å². The Hall–Kier alpha value is -0.120. The Morgan fingerprint density at radius 2 is 2.14 bits per heavy atom. The lowest BCUT2D eigenvalue weighted by molar-refractivity contribution is 0.0965. The fraction of sp³-hybridized carbons (Fsp3) is 1.00. The maximum atomic E-state index is 5.88. The van der Waals surface area contributed by atoms with Crippen molar-refractivity contribution in [2.45, 2.75) is 32.2 Å². The zero-order valence-corrected chi connectivity index (χ0v) is 9.68. The monoisotopic (exact) mass is 200 g/mol. The molecule has 1 aliphatic rings. The maximum absolute atomic E-state index is 5.88. The molecule has 0 bridgehead atoms. The van der Waals surface area contributed by atoms with Crippen molar-refractivity contribution < 1.29 is 4.74 Å². The second-order valence-corrected chi connectivity index (χ2v) is 4.84. The zero-order chi connectivity index (χ0) is 10.6. The lowest BCUT2D eigenvalue weighted by Crippen LogP contribution is -2.57. The van der Waals surface area contributed by atoms with Crippen LogP contribution in [0.1, 0.15) is 26.7 Å². The Kier molecular flexibility index (Phi) is 4.35. The average molecular weight is 200 g/mol. The SMILES string of the molecule is COCC(CN)(NCC(C)C)C1CC1. The Morgan fingerprint density at radius 3 is 2.50 bits per heavy atom. The van der Waals surface area contributed by atoms with Crippen LogP contribution in [0.15, 0.2) is 0 Å². The van der Waals surface area contributed by atoms with Crippen LogP contribution in [0.5, 0.6) is 0 Å². The highest BCUT2D eigenvalue weighted by Gasteiger charge is 2.43. The number of hydrogen-bond donors (Lipinski definition) is 2. The van der Waals surface area contributed by atoms with E-state index in [1.54, 1.807) is 7.11 Å². The van der Waals surface area contributed by atoms with E-state index in [9.17, 15) is 0 Å². The van der Waals surface area contributed by atoms with Gasteiger partial charge in [-0.1, -0.05) is 13.8 Å². The van der Waals surface area contributed by atoms with Gasteiger partial charge >= 0.3 is 0 Å². The first-order valence-electron chi connectivity index (χ1n) is 5.58. The first-order chi connectivity index (χ1) is 6.64. The molecule has 0 heterocycles. The van der Waals surface area contributed by atoms with E-state index in [0.717, 1.165) is 19.1 Å². The minimum atomic E-state index is 0.0407. The minimum absolute atomic E-state index is 0.0407. The molecule has 1 fully saturated rings. The third-order valence-electron chi connectivity index (χ3n) is 2.99. The molecule has 1 aliphatic carbocycles. The van der Waals surface area contributed by atoms with E-state index in [-0.39, 0.29) is 5.54 Å². The van der Waals surface area contributed by atoms with E-state index in [1.165, 1.54) is 12.8 Å². The largest absolute Gasteiger partial charge is 0.383 e. The van der Waals surface area contributed by atoms with Crippen LogP contribution in [-0.2, 0) is 4.74 Å². The summed E-state index contributed by atoms with van der Waals surface area (Å²) >= 11 is 0. The molecule has 1 unspecified atom stereocenters. The van der Waals surface area contributed by atoms with E-state index in [4.69, 9.17) is 10.5 Å². The third-order valence-corrected chi connectivity index (χ3v) is 2.99. The normalized spacial score (nSPS) is 21.2. The first kappa shape index (κ1) is 12.0. The summed E-state index contributed by atoms with van der Waals surface area (Å²) in [6.07, 6.45) is 2.59. The summed E-state index contributed by atoms with van der Waals surface area (Å²) in [5.74, 6) is 1.39. The first-order valence-corrected chi connectivity index (χ1v) is 5.58. The number of nitrogens with two attached hydrogens (primary N) is 1.